The lowest BCUT2D eigenvalue weighted by molar-refractivity contribution is 1.14. The Kier molecular flexibility index (Phi) is 29.5. The number of hydrogen-bond donors (Lipinski definition) is 0. The van der Waals surface area contributed by atoms with E-state index in [1.54, 1.807) is 0 Å². The Hall–Kier alpha value is -1.56. The van der Waals surface area contributed by atoms with Gasteiger partial charge in [0, 0.05) is 0 Å². The lowest BCUT2D eigenvalue weighted by Gasteiger charge is -1.94. The van der Waals surface area contributed by atoms with Crippen LogP contribution in [0.2, 0.25) is 0 Å². The molecule has 0 aliphatic carbocycles. The molecule has 2 aromatic carbocycles. The maximum atomic E-state index is 2.18. The van der Waals surface area contributed by atoms with Crippen LogP contribution in [0.1, 0.15) is 72.7 Å². The second-order valence-electron chi connectivity index (χ2n) is 4.50. The van der Waals surface area contributed by atoms with Crippen LogP contribution in [-0.4, -0.2) is 0 Å². The van der Waals surface area contributed by atoms with Gasteiger partial charge in [0.2, 0.25) is 0 Å². The Morgan fingerprint density at radius 2 is 1.00 bits per heavy atom. The van der Waals surface area contributed by atoms with Crippen molar-refractivity contribution in [1.29, 1.82) is 0 Å². The van der Waals surface area contributed by atoms with Gasteiger partial charge in [-0.05, 0) is 32.8 Å². The zero-order chi connectivity index (χ0) is 14.7. The third-order valence-electron chi connectivity index (χ3n) is 2.70. The van der Waals surface area contributed by atoms with Crippen molar-refractivity contribution >= 4 is 0 Å². The summed E-state index contributed by atoms with van der Waals surface area (Å²) < 4.78 is 0. The molecule has 0 saturated carbocycles. The van der Waals surface area contributed by atoms with Gasteiger partial charge in [-0.3, -0.25) is 0 Å². The van der Waals surface area contributed by atoms with Crippen molar-refractivity contribution < 1.29 is 0 Å². The fourth-order valence-electron chi connectivity index (χ4n) is 1.63. The molecule has 0 heteroatoms. The first-order chi connectivity index (χ1) is 9.11. The Morgan fingerprint density at radius 1 is 0.609 bits per heavy atom. The molecule has 0 unspecified atom stereocenters. The Labute approximate surface area is 149 Å². The maximum Gasteiger partial charge on any atom is -0.0307 e. The zero-order valence-electron chi connectivity index (χ0n) is 13.3. The summed E-state index contributed by atoms with van der Waals surface area (Å²) in [6.07, 6.45) is 1.14. The van der Waals surface area contributed by atoms with Gasteiger partial charge in [0.1, 0.15) is 0 Å². The SMILES string of the molecule is C.C.C.C.CC.CCc1ccc(C)cc1.Cc1cccc(C)c1. The molecule has 23 heavy (non-hydrogen) atoms. The molecular weight excluding hydrogens is 276 g/mol. The molecule has 0 fully saturated rings. The monoisotopic (exact) mass is 320 g/mol. The minimum absolute atomic E-state index is 0. The first-order valence-electron chi connectivity index (χ1n) is 7.20. The second-order valence-corrected chi connectivity index (χ2v) is 4.50. The molecular formula is C23H44. The van der Waals surface area contributed by atoms with E-state index < -0.39 is 0 Å². The number of rotatable bonds is 1. The predicted molar refractivity (Wildman–Crippen MR) is 115 cm³/mol. The van der Waals surface area contributed by atoms with E-state index in [2.05, 4.69) is 76.2 Å². The topological polar surface area (TPSA) is 0 Å². The van der Waals surface area contributed by atoms with Crippen LogP contribution in [0.3, 0.4) is 0 Å². The highest BCUT2D eigenvalue weighted by Gasteiger charge is 1.84. The predicted octanol–water partition coefficient (Wildman–Crippen LogP) is 8.43. The van der Waals surface area contributed by atoms with Crippen LogP contribution in [0.5, 0.6) is 0 Å². The molecule has 0 N–H and O–H groups in total. The van der Waals surface area contributed by atoms with Crippen molar-refractivity contribution in [1.82, 2.24) is 0 Å². The third kappa shape index (κ3) is 16.6. The van der Waals surface area contributed by atoms with Crippen molar-refractivity contribution in [3.63, 3.8) is 0 Å². The van der Waals surface area contributed by atoms with Gasteiger partial charge in [-0.2, -0.15) is 0 Å². The van der Waals surface area contributed by atoms with Crippen LogP contribution in [0.4, 0.5) is 0 Å². The molecule has 0 aliphatic heterocycles. The summed E-state index contributed by atoms with van der Waals surface area (Å²) in [6, 6.07) is 17.1. The van der Waals surface area contributed by atoms with Crippen LogP contribution in [0.25, 0.3) is 0 Å². The van der Waals surface area contributed by atoms with E-state index in [9.17, 15) is 0 Å². The fraction of sp³-hybridized carbons (Fsp3) is 0.478. The molecule has 0 aromatic heterocycles. The summed E-state index contributed by atoms with van der Waals surface area (Å²) >= 11 is 0. The largest absolute Gasteiger partial charge is 0.0776 e. The highest BCUT2D eigenvalue weighted by atomic mass is 13.9. The van der Waals surface area contributed by atoms with E-state index in [1.165, 1.54) is 22.3 Å². The van der Waals surface area contributed by atoms with Crippen LogP contribution in [0.15, 0.2) is 48.5 Å². The molecule has 2 aromatic rings. The number of hydrogen-bond acceptors (Lipinski definition) is 0. The van der Waals surface area contributed by atoms with Crippen LogP contribution in [0, 0.1) is 20.8 Å². The summed E-state index contributed by atoms with van der Waals surface area (Å²) in [4.78, 5) is 0. The van der Waals surface area contributed by atoms with E-state index in [0.29, 0.717) is 0 Å². The van der Waals surface area contributed by atoms with E-state index in [0.717, 1.165) is 6.42 Å². The average molecular weight is 321 g/mol. The molecule has 136 valence electrons. The standard InChI is InChI=1S/C9H12.C8H10.C2H6.4CH4/c1-3-9-6-4-8(2)5-7-9;1-7-4-3-5-8(2)6-7;1-2;;;;/h4-7H,3H2,1-2H3;3-6H,1-2H3;1-2H3;4*1H4. The second kappa shape index (κ2) is 20.4. The quantitative estimate of drug-likeness (QED) is 0.494. The fourth-order valence-corrected chi connectivity index (χ4v) is 1.63. The van der Waals surface area contributed by atoms with Crippen molar-refractivity contribution in [3.05, 3.63) is 70.8 Å². The molecule has 0 atom stereocenters. The third-order valence-corrected chi connectivity index (χ3v) is 2.70. The van der Waals surface area contributed by atoms with Gasteiger partial charge < -0.3 is 0 Å². The van der Waals surface area contributed by atoms with Gasteiger partial charge in [0.25, 0.3) is 0 Å². The van der Waals surface area contributed by atoms with Crippen molar-refractivity contribution in [2.75, 3.05) is 0 Å². The van der Waals surface area contributed by atoms with Crippen molar-refractivity contribution in [2.45, 2.75) is 77.7 Å². The highest BCUT2D eigenvalue weighted by molar-refractivity contribution is 5.21. The summed E-state index contributed by atoms with van der Waals surface area (Å²) in [6.45, 7) is 12.5. The smallest absolute Gasteiger partial charge is 0.0307 e. The van der Waals surface area contributed by atoms with Gasteiger partial charge in [-0.1, -0.05) is 116 Å². The van der Waals surface area contributed by atoms with Crippen LogP contribution in [-0.2, 0) is 6.42 Å². The Morgan fingerprint density at radius 3 is 1.26 bits per heavy atom. The summed E-state index contributed by atoms with van der Waals surface area (Å²) in [5.74, 6) is 0. The molecule has 0 heterocycles. The van der Waals surface area contributed by atoms with Crippen LogP contribution >= 0.6 is 0 Å². The van der Waals surface area contributed by atoms with Crippen LogP contribution < -0.4 is 0 Å². The maximum absolute atomic E-state index is 2.18. The van der Waals surface area contributed by atoms with E-state index in [4.69, 9.17) is 0 Å². The van der Waals surface area contributed by atoms with Gasteiger partial charge in [-0.25, -0.2) is 0 Å². The van der Waals surface area contributed by atoms with Gasteiger partial charge >= 0.3 is 0 Å². The molecule has 0 saturated heterocycles. The Balaban J connectivity index is -0.0000000734. The van der Waals surface area contributed by atoms with Crippen molar-refractivity contribution in [2.24, 2.45) is 0 Å². The average Bonchev–Trinajstić information content (AvgIpc) is 2.42. The molecule has 0 radical (unpaired) electrons. The van der Waals surface area contributed by atoms with E-state index in [1.807, 2.05) is 13.8 Å². The van der Waals surface area contributed by atoms with Gasteiger partial charge in [0.05, 0.1) is 0 Å². The molecule has 0 amide bonds. The zero-order valence-corrected chi connectivity index (χ0v) is 13.3. The number of benzene rings is 2. The first kappa shape index (κ1) is 33.1. The minimum atomic E-state index is 0. The lowest BCUT2D eigenvalue weighted by atomic mass is 10.1. The Bertz CT molecular complexity index is 421. The summed E-state index contributed by atoms with van der Waals surface area (Å²) in [5, 5.41) is 0. The normalized spacial score (nSPS) is 7.22. The molecule has 2 rings (SSSR count). The van der Waals surface area contributed by atoms with E-state index >= 15 is 0 Å². The van der Waals surface area contributed by atoms with Gasteiger partial charge in [-0.15, -0.1) is 0 Å². The van der Waals surface area contributed by atoms with E-state index in [-0.39, 0.29) is 29.7 Å². The lowest BCUT2D eigenvalue weighted by Crippen LogP contribution is -1.77. The van der Waals surface area contributed by atoms with Gasteiger partial charge in [0.15, 0.2) is 0 Å². The highest BCUT2D eigenvalue weighted by Crippen LogP contribution is 2.02. The summed E-state index contributed by atoms with van der Waals surface area (Å²) in [5.41, 5.74) is 5.43. The molecule has 0 bridgehead atoms. The van der Waals surface area contributed by atoms with Crippen molar-refractivity contribution in [3.8, 4) is 0 Å². The molecule has 0 aliphatic rings. The molecule has 0 spiro atoms. The number of aryl methyl sites for hydroxylation is 4. The minimum Gasteiger partial charge on any atom is -0.0776 e. The first-order valence-corrected chi connectivity index (χ1v) is 7.20. The molecule has 0 nitrogen and oxygen atoms in total. The summed E-state index contributed by atoms with van der Waals surface area (Å²) in [7, 11) is 0.